The zero-order chi connectivity index (χ0) is 21.2. The lowest BCUT2D eigenvalue weighted by molar-refractivity contribution is 0.0892. The van der Waals surface area contributed by atoms with Crippen LogP contribution in [-0.4, -0.2) is 29.2 Å². The first kappa shape index (κ1) is 21.6. The van der Waals surface area contributed by atoms with Crippen molar-refractivity contribution < 1.29 is 13.5 Å². The van der Waals surface area contributed by atoms with Crippen LogP contribution in [0, 0.1) is 18.6 Å². The second-order valence-electron chi connectivity index (χ2n) is 8.14. The summed E-state index contributed by atoms with van der Waals surface area (Å²) in [5.74, 6) is -0.441. The maximum atomic E-state index is 14.7. The lowest BCUT2D eigenvalue weighted by atomic mass is 10.1. The molecular weight excluding hydrogens is 412 g/mol. The molecule has 0 amide bonds. The molecule has 0 aliphatic heterocycles. The van der Waals surface area contributed by atoms with Gasteiger partial charge >= 0.3 is 0 Å². The Balaban J connectivity index is 2.06. The number of imidazole rings is 1. The van der Waals surface area contributed by atoms with Crippen molar-refractivity contribution in [2.75, 3.05) is 6.61 Å². The smallest absolute Gasteiger partial charge is 0.162 e. The minimum absolute atomic E-state index is 0.141. The van der Waals surface area contributed by atoms with Gasteiger partial charge in [-0.05, 0) is 36.7 Å². The van der Waals surface area contributed by atoms with Gasteiger partial charge in [-0.15, -0.1) is 0 Å². The molecule has 0 aliphatic rings. The lowest BCUT2D eigenvalue weighted by Crippen LogP contribution is -2.22. The van der Waals surface area contributed by atoms with Gasteiger partial charge in [0.15, 0.2) is 11.0 Å². The summed E-state index contributed by atoms with van der Waals surface area (Å²) in [7, 11) is -1.26. The Morgan fingerprint density at radius 3 is 2.52 bits per heavy atom. The summed E-state index contributed by atoms with van der Waals surface area (Å²) < 4.78 is 35.7. The van der Waals surface area contributed by atoms with Crippen LogP contribution in [0.5, 0.6) is 0 Å². The summed E-state index contributed by atoms with van der Waals surface area (Å²) >= 11 is 6.45. The van der Waals surface area contributed by atoms with E-state index in [4.69, 9.17) is 16.3 Å². The van der Waals surface area contributed by atoms with Gasteiger partial charge in [0.05, 0.1) is 11.9 Å². The van der Waals surface area contributed by atoms with Crippen molar-refractivity contribution in [2.24, 2.45) is 0 Å². The average molecular weight is 436 g/mol. The highest BCUT2D eigenvalue weighted by Gasteiger charge is 2.23. The Morgan fingerprint density at radius 1 is 1.14 bits per heavy atom. The Hall–Kier alpha value is -2.09. The average Bonchev–Trinajstić information content (AvgIpc) is 2.95. The number of ether oxygens (including phenoxy) is 1. The predicted octanol–water partition coefficient (Wildman–Crippen LogP) is 6.16. The first-order valence-electron chi connectivity index (χ1n) is 9.38. The van der Waals surface area contributed by atoms with Crippen LogP contribution >= 0.6 is 11.6 Å². The van der Waals surface area contributed by atoms with Crippen molar-refractivity contribution >= 4 is 19.7 Å². The standard InChI is InChI=1S/C21H24ClF2N3OSi/c1-14-6-5-7-16(24)18(14)19-20(22)26-21(17-9-8-15(23)12-25-17)27(19)13-28-10-11-29(2,3)4/h5-9,12H,10-11,13H2,1-4H3. The third-order valence-corrected chi connectivity index (χ3v) is 6.52. The Labute approximate surface area is 175 Å². The number of halogens is 3. The van der Waals surface area contributed by atoms with Crippen LogP contribution in [0.4, 0.5) is 8.78 Å². The molecule has 1 aromatic carbocycles. The highest BCUT2D eigenvalue weighted by atomic mass is 35.5. The maximum absolute atomic E-state index is 14.7. The van der Waals surface area contributed by atoms with E-state index in [2.05, 4.69) is 29.6 Å². The SMILES string of the molecule is Cc1cccc(F)c1-c1c(Cl)nc(-c2ccc(F)cn2)n1COCC[Si](C)(C)C. The number of rotatable bonds is 7. The van der Waals surface area contributed by atoms with Gasteiger partial charge in [0.25, 0.3) is 0 Å². The predicted molar refractivity (Wildman–Crippen MR) is 115 cm³/mol. The molecule has 0 spiro atoms. The van der Waals surface area contributed by atoms with E-state index in [-0.39, 0.29) is 11.9 Å². The molecule has 0 aliphatic carbocycles. The molecule has 0 unspecified atom stereocenters. The van der Waals surface area contributed by atoms with E-state index in [1.54, 1.807) is 10.6 Å². The molecule has 3 aromatic rings. The summed E-state index contributed by atoms with van der Waals surface area (Å²) in [6.07, 6.45) is 1.11. The molecule has 29 heavy (non-hydrogen) atoms. The van der Waals surface area contributed by atoms with Gasteiger partial charge in [0, 0.05) is 20.2 Å². The third kappa shape index (κ3) is 5.10. The minimum Gasteiger partial charge on any atom is -0.361 e. The van der Waals surface area contributed by atoms with Gasteiger partial charge in [-0.1, -0.05) is 43.4 Å². The summed E-state index contributed by atoms with van der Waals surface area (Å²) in [6.45, 7) is 9.35. The largest absolute Gasteiger partial charge is 0.361 e. The highest BCUT2D eigenvalue weighted by molar-refractivity contribution is 6.76. The number of pyridine rings is 1. The van der Waals surface area contributed by atoms with Gasteiger partial charge in [-0.2, -0.15) is 0 Å². The molecule has 0 N–H and O–H groups in total. The second-order valence-corrected chi connectivity index (χ2v) is 14.1. The number of hydrogen-bond acceptors (Lipinski definition) is 3. The Kier molecular flexibility index (Phi) is 6.51. The number of aryl methyl sites for hydroxylation is 1. The van der Waals surface area contributed by atoms with E-state index in [9.17, 15) is 8.78 Å². The van der Waals surface area contributed by atoms with Gasteiger partial charge in [-0.3, -0.25) is 4.57 Å². The molecule has 0 saturated carbocycles. The minimum atomic E-state index is -1.26. The molecular formula is C21H24ClF2N3OSi. The van der Waals surface area contributed by atoms with Crippen LogP contribution in [0.15, 0.2) is 36.5 Å². The van der Waals surface area contributed by atoms with Crippen molar-refractivity contribution in [1.82, 2.24) is 14.5 Å². The van der Waals surface area contributed by atoms with Gasteiger partial charge in [-0.25, -0.2) is 18.7 Å². The topological polar surface area (TPSA) is 39.9 Å². The quantitative estimate of drug-likeness (QED) is 0.329. The summed E-state index contributed by atoms with van der Waals surface area (Å²) in [6, 6.07) is 8.66. The fourth-order valence-corrected chi connectivity index (χ4v) is 3.99. The van der Waals surface area contributed by atoms with Crippen molar-refractivity contribution in [2.45, 2.75) is 39.3 Å². The lowest BCUT2D eigenvalue weighted by Gasteiger charge is -2.18. The fourth-order valence-electron chi connectivity index (χ4n) is 2.96. The highest BCUT2D eigenvalue weighted by Crippen LogP contribution is 2.36. The molecule has 4 nitrogen and oxygen atoms in total. The number of aromatic nitrogens is 3. The molecule has 0 saturated heterocycles. The summed E-state index contributed by atoms with van der Waals surface area (Å²) in [4.78, 5) is 8.51. The van der Waals surface area contributed by atoms with Crippen LogP contribution in [0.2, 0.25) is 30.8 Å². The zero-order valence-electron chi connectivity index (χ0n) is 17.0. The van der Waals surface area contributed by atoms with Crippen LogP contribution in [-0.2, 0) is 11.5 Å². The molecule has 3 rings (SSSR count). The van der Waals surface area contributed by atoms with Crippen molar-refractivity contribution in [3.05, 3.63) is 58.9 Å². The zero-order valence-corrected chi connectivity index (χ0v) is 18.7. The first-order chi connectivity index (χ1) is 13.7. The third-order valence-electron chi connectivity index (χ3n) is 4.56. The van der Waals surface area contributed by atoms with Crippen LogP contribution in [0.1, 0.15) is 5.56 Å². The van der Waals surface area contributed by atoms with Crippen molar-refractivity contribution in [1.29, 1.82) is 0 Å². The molecule has 8 heteroatoms. The van der Waals surface area contributed by atoms with E-state index >= 15 is 0 Å². The Bertz CT molecular complexity index is 980. The van der Waals surface area contributed by atoms with Gasteiger partial charge < -0.3 is 4.74 Å². The van der Waals surface area contributed by atoms with E-state index in [0.29, 0.717) is 29.4 Å². The summed E-state index contributed by atoms with van der Waals surface area (Å²) in [5.41, 5.74) is 1.96. The number of nitrogens with zero attached hydrogens (tertiary/aromatic N) is 3. The van der Waals surface area contributed by atoms with Gasteiger partial charge in [0.2, 0.25) is 0 Å². The van der Waals surface area contributed by atoms with Crippen LogP contribution < -0.4 is 0 Å². The van der Waals surface area contributed by atoms with Gasteiger partial charge in [0.1, 0.15) is 24.1 Å². The molecule has 2 heterocycles. The van der Waals surface area contributed by atoms with Crippen LogP contribution in [0.3, 0.4) is 0 Å². The summed E-state index contributed by atoms with van der Waals surface area (Å²) in [5, 5.41) is 0.146. The molecule has 2 aromatic heterocycles. The van der Waals surface area contributed by atoms with E-state index in [1.807, 2.05) is 13.0 Å². The molecule has 0 radical (unpaired) electrons. The maximum Gasteiger partial charge on any atom is 0.162 e. The van der Waals surface area contributed by atoms with E-state index in [0.717, 1.165) is 17.8 Å². The van der Waals surface area contributed by atoms with Crippen molar-refractivity contribution in [3.8, 4) is 22.8 Å². The second kappa shape index (κ2) is 8.73. The normalized spacial score (nSPS) is 11.8. The fraction of sp³-hybridized carbons (Fsp3) is 0.333. The van der Waals surface area contributed by atoms with E-state index < -0.39 is 19.7 Å². The molecule has 0 fully saturated rings. The monoisotopic (exact) mass is 435 g/mol. The Morgan fingerprint density at radius 2 is 1.90 bits per heavy atom. The molecule has 0 atom stereocenters. The van der Waals surface area contributed by atoms with Crippen molar-refractivity contribution in [3.63, 3.8) is 0 Å². The number of hydrogen-bond donors (Lipinski definition) is 0. The molecule has 0 bridgehead atoms. The first-order valence-corrected chi connectivity index (χ1v) is 13.5. The molecule has 154 valence electrons. The van der Waals surface area contributed by atoms with E-state index in [1.165, 1.54) is 18.2 Å². The number of benzene rings is 1. The van der Waals surface area contributed by atoms with Crippen LogP contribution in [0.25, 0.3) is 22.8 Å².